The van der Waals surface area contributed by atoms with Crippen molar-refractivity contribution in [2.24, 2.45) is 0 Å². The molecule has 128 valence electrons. The number of rotatable bonds is 7. The third kappa shape index (κ3) is 5.70. The smallest absolute Gasteiger partial charge is 0.232 e. The Bertz CT molecular complexity index is 625. The summed E-state index contributed by atoms with van der Waals surface area (Å²) in [6.45, 7) is 0.276. The predicted molar refractivity (Wildman–Crippen MR) is 93.3 cm³/mol. The SMILES string of the molecule is CS(=O)(=O)N(CCCC(=O)NC1CCCC1)c1ccc(Cl)cc1. The van der Waals surface area contributed by atoms with Crippen LogP contribution in [0.1, 0.15) is 38.5 Å². The van der Waals surface area contributed by atoms with E-state index in [9.17, 15) is 13.2 Å². The summed E-state index contributed by atoms with van der Waals surface area (Å²) in [5.74, 6) is 0.00135. The number of nitrogens with zero attached hydrogens (tertiary/aromatic N) is 1. The van der Waals surface area contributed by atoms with E-state index < -0.39 is 10.0 Å². The van der Waals surface area contributed by atoms with Gasteiger partial charge in [0.15, 0.2) is 0 Å². The third-order valence-corrected chi connectivity index (χ3v) is 5.45. The van der Waals surface area contributed by atoms with E-state index >= 15 is 0 Å². The molecule has 0 aromatic heterocycles. The van der Waals surface area contributed by atoms with Gasteiger partial charge in [-0.05, 0) is 43.5 Å². The minimum atomic E-state index is -3.39. The zero-order chi connectivity index (χ0) is 16.9. The normalized spacial score (nSPS) is 15.6. The summed E-state index contributed by atoms with van der Waals surface area (Å²) in [4.78, 5) is 11.9. The van der Waals surface area contributed by atoms with Crippen LogP contribution in [-0.2, 0) is 14.8 Å². The van der Waals surface area contributed by atoms with Crippen molar-refractivity contribution in [3.63, 3.8) is 0 Å². The van der Waals surface area contributed by atoms with Crippen LogP contribution in [0.2, 0.25) is 5.02 Å². The first-order chi connectivity index (χ1) is 10.9. The van der Waals surface area contributed by atoms with Gasteiger partial charge >= 0.3 is 0 Å². The van der Waals surface area contributed by atoms with Gasteiger partial charge in [0.1, 0.15) is 0 Å². The molecule has 0 bridgehead atoms. The van der Waals surface area contributed by atoms with Crippen molar-refractivity contribution in [3.05, 3.63) is 29.3 Å². The van der Waals surface area contributed by atoms with E-state index in [2.05, 4.69) is 5.32 Å². The predicted octanol–water partition coefficient (Wildman–Crippen LogP) is 2.95. The molecule has 0 radical (unpaired) electrons. The lowest BCUT2D eigenvalue weighted by Gasteiger charge is -2.22. The van der Waals surface area contributed by atoms with Crippen LogP contribution < -0.4 is 9.62 Å². The van der Waals surface area contributed by atoms with Crippen LogP contribution in [-0.4, -0.2) is 33.2 Å². The number of anilines is 1. The van der Waals surface area contributed by atoms with Crippen LogP contribution >= 0.6 is 11.6 Å². The molecule has 23 heavy (non-hydrogen) atoms. The second-order valence-electron chi connectivity index (χ2n) is 5.96. The summed E-state index contributed by atoms with van der Waals surface area (Å²) in [5.41, 5.74) is 0.563. The Morgan fingerprint density at radius 2 is 1.87 bits per heavy atom. The molecular weight excluding hydrogens is 336 g/mol. The van der Waals surface area contributed by atoms with Crippen LogP contribution in [0.4, 0.5) is 5.69 Å². The lowest BCUT2D eigenvalue weighted by molar-refractivity contribution is -0.121. The number of sulfonamides is 1. The van der Waals surface area contributed by atoms with Crippen molar-refractivity contribution in [1.29, 1.82) is 0 Å². The van der Waals surface area contributed by atoms with Gasteiger partial charge in [0.25, 0.3) is 0 Å². The van der Waals surface area contributed by atoms with Gasteiger partial charge in [-0.3, -0.25) is 9.10 Å². The van der Waals surface area contributed by atoms with E-state index in [-0.39, 0.29) is 12.5 Å². The van der Waals surface area contributed by atoms with Crippen LogP contribution in [0, 0.1) is 0 Å². The molecular formula is C16H23ClN2O3S. The van der Waals surface area contributed by atoms with E-state index in [1.54, 1.807) is 24.3 Å². The molecule has 0 atom stereocenters. The maximum absolute atomic E-state index is 12.0. The van der Waals surface area contributed by atoms with Gasteiger partial charge in [-0.1, -0.05) is 24.4 Å². The van der Waals surface area contributed by atoms with Gasteiger partial charge < -0.3 is 5.32 Å². The molecule has 1 fully saturated rings. The second kappa shape index (κ2) is 8.02. The van der Waals surface area contributed by atoms with Crippen molar-refractivity contribution < 1.29 is 13.2 Å². The summed E-state index contributed by atoms with van der Waals surface area (Å²) in [7, 11) is -3.39. The lowest BCUT2D eigenvalue weighted by atomic mass is 10.2. The van der Waals surface area contributed by atoms with Crippen molar-refractivity contribution in [2.45, 2.75) is 44.6 Å². The summed E-state index contributed by atoms with van der Waals surface area (Å²) < 4.78 is 25.2. The molecule has 1 aliphatic carbocycles. The second-order valence-corrected chi connectivity index (χ2v) is 8.31. The number of amides is 1. The number of nitrogens with one attached hydrogen (secondary N) is 1. The molecule has 0 spiro atoms. The number of carbonyl (C=O) groups excluding carboxylic acids is 1. The molecule has 1 N–H and O–H groups in total. The molecule has 0 heterocycles. The Morgan fingerprint density at radius 1 is 1.26 bits per heavy atom. The van der Waals surface area contributed by atoms with Crippen LogP contribution in [0.15, 0.2) is 24.3 Å². The lowest BCUT2D eigenvalue weighted by Crippen LogP contribution is -2.34. The summed E-state index contributed by atoms with van der Waals surface area (Å²) in [6.07, 6.45) is 6.41. The standard InChI is InChI=1S/C16H23ClN2O3S/c1-23(21,22)19(15-10-8-13(17)9-11-15)12-4-7-16(20)18-14-5-2-3-6-14/h8-11,14H,2-7,12H2,1H3,(H,18,20). The average molecular weight is 359 g/mol. The Morgan fingerprint density at radius 3 is 2.43 bits per heavy atom. The van der Waals surface area contributed by atoms with Crippen molar-refractivity contribution in [1.82, 2.24) is 5.32 Å². The minimum absolute atomic E-state index is 0.00135. The maximum atomic E-state index is 12.0. The van der Waals surface area contributed by atoms with Gasteiger partial charge in [0.05, 0.1) is 11.9 Å². The van der Waals surface area contributed by atoms with Gasteiger partial charge in [-0.2, -0.15) is 0 Å². The average Bonchev–Trinajstić information content (AvgIpc) is 2.96. The first-order valence-electron chi connectivity index (χ1n) is 7.89. The molecule has 7 heteroatoms. The van der Waals surface area contributed by atoms with Crippen molar-refractivity contribution >= 4 is 33.2 Å². The highest BCUT2D eigenvalue weighted by molar-refractivity contribution is 7.92. The zero-order valence-electron chi connectivity index (χ0n) is 13.3. The van der Waals surface area contributed by atoms with Crippen LogP contribution in [0.5, 0.6) is 0 Å². The zero-order valence-corrected chi connectivity index (χ0v) is 14.9. The monoisotopic (exact) mass is 358 g/mol. The molecule has 1 aromatic carbocycles. The van der Waals surface area contributed by atoms with Crippen LogP contribution in [0.3, 0.4) is 0 Å². The Hall–Kier alpha value is -1.27. The molecule has 1 saturated carbocycles. The number of benzene rings is 1. The summed E-state index contributed by atoms with van der Waals surface area (Å²) in [6, 6.07) is 6.94. The first-order valence-corrected chi connectivity index (χ1v) is 10.1. The van der Waals surface area contributed by atoms with E-state index in [1.165, 1.54) is 23.4 Å². The molecule has 1 aliphatic rings. The molecule has 0 unspecified atom stereocenters. The Labute approximate surface area is 143 Å². The maximum Gasteiger partial charge on any atom is 0.232 e. The van der Waals surface area contributed by atoms with Crippen molar-refractivity contribution in [2.75, 3.05) is 17.1 Å². The van der Waals surface area contributed by atoms with Crippen molar-refractivity contribution in [3.8, 4) is 0 Å². The number of hydrogen-bond acceptors (Lipinski definition) is 3. The molecule has 5 nitrogen and oxygen atoms in total. The summed E-state index contributed by atoms with van der Waals surface area (Å²) >= 11 is 5.84. The van der Waals surface area contributed by atoms with Gasteiger partial charge in [-0.15, -0.1) is 0 Å². The Balaban J connectivity index is 1.88. The van der Waals surface area contributed by atoms with Gasteiger partial charge in [-0.25, -0.2) is 8.42 Å². The van der Waals surface area contributed by atoms with E-state index in [0.29, 0.717) is 29.6 Å². The fourth-order valence-corrected chi connectivity index (χ4v) is 3.94. The summed E-state index contributed by atoms with van der Waals surface area (Å²) in [5, 5.41) is 3.57. The fraction of sp³-hybridized carbons (Fsp3) is 0.562. The topological polar surface area (TPSA) is 66.5 Å². The molecule has 2 rings (SSSR count). The molecule has 0 saturated heterocycles. The van der Waals surface area contributed by atoms with E-state index in [4.69, 9.17) is 11.6 Å². The number of halogens is 1. The van der Waals surface area contributed by atoms with E-state index in [0.717, 1.165) is 12.8 Å². The fourth-order valence-electron chi connectivity index (χ4n) is 2.85. The Kier molecular flexibility index (Phi) is 6.30. The highest BCUT2D eigenvalue weighted by atomic mass is 35.5. The molecule has 1 aromatic rings. The third-order valence-electron chi connectivity index (χ3n) is 4.00. The largest absolute Gasteiger partial charge is 0.353 e. The van der Waals surface area contributed by atoms with Gasteiger partial charge in [0, 0.05) is 24.0 Å². The quantitative estimate of drug-likeness (QED) is 0.814. The van der Waals surface area contributed by atoms with Gasteiger partial charge in [0.2, 0.25) is 15.9 Å². The number of hydrogen-bond donors (Lipinski definition) is 1. The highest BCUT2D eigenvalue weighted by Crippen LogP contribution is 2.21. The van der Waals surface area contributed by atoms with Crippen LogP contribution in [0.25, 0.3) is 0 Å². The molecule has 1 amide bonds. The first kappa shape index (κ1) is 18.1. The highest BCUT2D eigenvalue weighted by Gasteiger charge is 2.19. The number of carbonyl (C=O) groups is 1. The molecule has 0 aliphatic heterocycles. The van der Waals surface area contributed by atoms with E-state index in [1.807, 2.05) is 0 Å². The minimum Gasteiger partial charge on any atom is -0.353 e.